The third kappa shape index (κ3) is 4.74. The highest BCUT2D eigenvalue weighted by atomic mass is 32.2. The summed E-state index contributed by atoms with van der Waals surface area (Å²) in [6, 6.07) is 9.12. The van der Waals surface area contributed by atoms with E-state index >= 15 is 0 Å². The van der Waals surface area contributed by atoms with E-state index in [0.29, 0.717) is 41.1 Å². The van der Waals surface area contributed by atoms with Crippen molar-refractivity contribution >= 4 is 38.1 Å². The van der Waals surface area contributed by atoms with Gasteiger partial charge in [0.1, 0.15) is 32.9 Å². The molecule has 1 N–H and O–H groups in total. The largest absolute Gasteiger partial charge is 0.379 e. The van der Waals surface area contributed by atoms with Crippen LogP contribution in [0.5, 0.6) is 0 Å². The summed E-state index contributed by atoms with van der Waals surface area (Å²) in [6.45, 7) is 4.99. The smallest absolute Gasteiger partial charge is 0.245 e. The van der Waals surface area contributed by atoms with Crippen LogP contribution in [0.15, 0.2) is 47.6 Å². The van der Waals surface area contributed by atoms with Crippen LogP contribution < -0.4 is 5.32 Å². The number of hydrogen-bond donors (Lipinski definition) is 1. The van der Waals surface area contributed by atoms with Crippen molar-refractivity contribution in [3.63, 3.8) is 0 Å². The Morgan fingerprint density at radius 3 is 2.51 bits per heavy atom. The molecule has 2 aromatic carbocycles. The lowest BCUT2D eigenvalue weighted by Crippen LogP contribution is -2.40. The first-order valence-electron chi connectivity index (χ1n) is 11.0. The SMILES string of the molecule is Cc1nnc([C@@H](C)Nc2ncnc3c(S(=O)(=O)N4CCOCC4)cc(-c4ccc(F)cc4)cc23)s1. The Bertz CT molecular complexity index is 1470. The molecule has 0 unspecified atom stereocenters. The minimum Gasteiger partial charge on any atom is -0.379 e. The number of aryl methyl sites for hydroxylation is 1. The maximum Gasteiger partial charge on any atom is 0.245 e. The van der Waals surface area contributed by atoms with E-state index in [1.54, 1.807) is 18.2 Å². The van der Waals surface area contributed by atoms with Gasteiger partial charge in [-0.3, -0.25) is 0 Å². The number of rotatable bonds is 6. The molecule has 0 saturated carbocycles. The van der Waals surface area contributed by atoms with Crippen LogP contribution in [0.4, 0.5) is 10.2 Å². The number of fused-ring (bicyclic) bond motifs is 1. The number of morpholine rings is 1. The van der Waals surface area contributed by atoms with Gasteiger partial charge in [-0.2, -0.15) is 4.31 Å². The van der Waals surface area contributed by atoms with Crippen LogP contribution in [0.2, 0.25) is 0 Å². The molecule has 0 amide bonds. The van der Waals surface area contributed by atoms with E-state index in [4.69, 9.17) is 4.74 Å². The Morgan fingerprint density at radius 1 is 1.09 bits per heavy atom. The molecule has 0 bridgehead atoms. The number of sulfonamides is 1. The topological polar surface area (TPSA) is 110 Å². The van der Waals surface area contributed by atoms with Crippen molar-refractivity contribution in [3.8, 4) is 11.1 Å². The number of aromatic nitrogens is 4. The van der Waals surface area contributed by atoms with Gasteiger partial charge in [0.25, 0.3) is 0 Å². The zero-order chi connectivity index (χ0) is 24.6. The number of anilines is 1. The Balaban J connectivity index is 1.67. The Morgan fingerprint density at radius 2 is 1.83 bits per heavy atom. The van der Waals surface area contributed by atoms with E-state index in [9.17, 15) is 12.8 Å². The van der Waals surface area contributed by atoms with E-state index < -0.39 is 10.0 Å². The highest BCUT2D eigenvalue weighted by molar-refractivity contribution is 7.89. The molecule has 1 fully saturated rings. The number of ether oxygens (including phenoxy) is 1. The van der Waals surface area contributed by atoms with Crippen LogP contribution >= 0.6 is 11.3 Å². The van der Waals surface area contributed by atoms with Crippen LogP contribution in [0, 0.1) is 12.7 Å². The van der Waals surface area contributed by atoms with Gasteiger partial charge in [0.15, 0.2) is 0 Å². The monoisotopic (exact) mass is 514 g/mol. The molecule has 5 rings (SSSR count). The van der Waals surface area contributed by atoms with Crippen LogP contribution in [0.1, 0.15) is 23.0 Å². The number of benzene rings is 2. The van der Waals surface area contributed by atoms with Gasteiger partial charge in [-0.05, 0) is 49.2 Å². The van der Waals surface area contributed by atoms with Crippen molar-refractivity contribution in [3.05, 3.63) is 58.6 Å². The summed E-state index contributed by atoms with van der Waals surface area (Å²) in [5, 5.41) is 13.8. The average molecular weight is 515 g/mol. The quantitative estimate of drug-likeness (QED) is 0.414. The molecule has 0 spiro atoms. The number of halogens is 1. The van der Waals surface area contributed by atoms with Gasteiger partial charge >= 0.3 is 0 Å². The summed E-state index contributed by atoms with van der Waals surface area (Å²) in [7, 11) is -3.88. The van der Waals surface area contributed by atoms with Crippen molar-refractivity contribution in [2.24, 2.45) is 0 Å². The first kappa shape index (κ1) is 23.7. The van der Waals surface area contributed by atoms with Crippen LogP contribution in [-0.2, 0) is 14.8 Å². The molecule has 1 saturated heterocycles. The molecule has 0 radical (unpaired) electrons. The van der Waals surface area contributed by atoms with Crippen LogP contribution in [-0.4, -0.2) is 59.2 Å². The summed E-state index contributed by atoms with van der Waals surface area (Å²) < 4.78 is 47.7. The van der Waals surface area contributed by atoms with Crippen LogP contribution in [0.3, 0.4) is 0 Å². The average Bonchev–Trinajstić information content (AvgIpc) is 3.31. The van der Waals surface area contributed by atoms with E-state index in [-0.39, 0.29) is 29.8 Å². The van der Waals surface area contributed by atoms with E-state index in [1.807, 2.05) is 19.9 Å². The molecule has 4 aromatic rings. The minimum absolute atomic E-state index is 0.0705. The molecule has 1 aliphatic heterocycles. The van der Waals surface area contributed by atoms with Gasteiger partial charge in [-0.15, -0.1) is 10.2 Å². The lowest BCUT2D eigenvalue weighted by atomic mass is 10.0. The third-order valence-corrected chi connectivity index (χ3v) is 8.67. The summed E-state index contributed by atoms with van der Waals surface area (Å²) in [6.07, 6.45) is 1.35. The van der Waals surface area contributed by atoms with Crippen molar-refractivity contribution in [1.82, 2.24) is 24.5 Å². The molecule has 35 heavy (non-hydrogen) atoms. The van der Waals surface area contributed by atoms with Gasteiger partial charge in [0, 0.05) is 18.5 Å². The van der Waals surface area contributed by atoms with Crippen molar-refractivity contribution in [2.75, 3.05) is 31.6 Å². The molecule has 12 heteroatoms. The van der Waals surface area contributed by atoms with Gasteiger partial charge in [0.2, 0.25) is 10.0 Å². The molecule has 1 aliphatic rings. The third-order valence-electron chi connectivity index (χ3n) is 5.73. The lowest BCUT2D eigenvalue weighted by molar-refractivity contribution is 0.0730. The zero-order valence-electron chi connectivity index (χ0n) is 19.1. The van der Waals surface area contributed by atoms with Gasteiger partial charge in [0.05, 0.1) is 24.8 Å². The predicted octanol–water partition coefficient (Wildman–Crippen LogP) is 3.79. The van der Waals surface area contributed by atoms with Crippen molar-refractivity contribution < 1.29 is 17.5 Å². The first-order valence-corrected chi connectivity index (χ1v) is 13.3. The second-order valence-corrected chi connectivity index (χ2v) is 11.3. The Kier molecular flexibility index (Phi) is 6.45. The Hall–Kier alpha value is -3.06. The van der Waals surface area contributed by atoms with Crippen molar-refractivity contribution in [2.45, 2.75) is 24.8 Å². The highest BCUT2D eigenvalue weighted by Gasteiger charge is 2.30. The van der Waals surface area contributed by atoms with Gasteiger partial charge in [-0.25, -0.2) is 22.8 Å². The molecule has 182 valence electrons. The first-order chi connectivity index (χ1) is 16.8. The molecule has 2 aromatic heterocycles. The summed E-state index contributed by atoms with van der Waals surface area (Å²) in [4.78, 5) is 8.84. The zero-order valence-corrected chi connectivity index (χ0v) is 20.7. The molecule has 0 aliphatic carbocycles. The fraction of sp³-hybridized carbons (Fsp3) is 0.304. The predicted molar refractivity (Wildman–Crippen MR) is 131 cm³/mol. The summed E-state index contributed by atoms with van der Waals surface area (Å²) >= 11 is 1.47. The number of nitrogens with one attached hydrogen (secondary N) is 1. The second-order valence-electron chi connectivity index (χ2n) is 8.14. The number of hydrogen-bond acceptors (Lipinski definition) is 9. The number of nitrogens with zero attached hydrogens (tertiary/aromatic N) is 5. The van der Waals surface area contributed by atoms with Crippen molar-refractivity contribution in [1.29, 1.82) is 0 Å². The minimum atomic E-state index is -3.88. The molecule has 3 heterocycles. The molecule has 9 nitrogen and oxygen atoms in total. The van der Waals surface area contributed by atoms with Gasteiger partial charge in [-0.1, -0.05) is 23.5 Å². The lowest BCUT2D eigenvalue weighted by Gasteiger charge is -2.26. The maximum atomic E-state index is 13.7. The standard InChI is InChI=1S/C23H23FN6O3S2/c1-14(23-29-28-15(2)34-23)27-22-19-11-17(16-3-5-18(24)6-4-16)12-20(21(19)25-13-26-22)35(31,32)30-7-9-33-10-8-30/h3-6,11-14H,7-10H2,1-2H3,(H,25,26,27)/t14-/m1/s1. The van der Waals surface area contributed by atoms with Gasteiger partial charge < -0.3 is 10.1 Å². The van der Waals surface area contributed by atoms with E-state index in [2.05, 4.69) is 25.5 Å². The fourth-order valence-electron chi connectivity index (χ4n) is 3.94. The maximum absolute atomic E-state index is 13.7. The Labute approximate surface area is 206 Å². The molecular weight excluding hydrogens is 491 g/mol. The van der Waals surface area contributed by atoms with E-state index in [1.165, 1.54) is 34.1 Å². The summed E-state index contributed by atoms with van der Waals surface area (Å²) in [5.74, 6) is 0.0975. The van der Waals surface area contributed by atoms with E-state index in [0.717, 1.165) is 10.0 Å². The highest BCUT2D eigenvalue weighted by Crippen LogP contribution is 2.35. The molecule has 1 atom stereocenters. The molecular formula is C23H23FN6O3S2. The van der Waals surface area contributed by atoms with Crippen LogP contribution in [0.25, 0.3) is 22.0 Å². The normalized spacial score (nSPS) is 15.9. The fourth-order valence-corrected chi connectivity index (χ4v) is 6.23. The summed E-state index contributed by atoms with van der Waals surface area (Å²) in [5.41, 5.74) is 1.59. The second kappa shape index (κ2) is 9.53.